The van der Waals surface area contributed by atoms with E-state index in [1.807, 2.05) is 29.2 Å². The van der Waals surface area contributed by atoms with Gasteiger partial charge in [-0.05, 0) is 43.2 Å². The van der Waals surface area contributed by atoms with Crippen molar-refractivity contribution in [2.24, 2.45) is 0 Å². The molecule has 0 atom stereocenters. The van der Waals surface area contributed by atoms with Crippen molar-refractivity contribution in [1.82, 2.24) is 4.90 Å². The Morgan fingerprint density at radius 3 is 2.33 bits per heavy atom. The molecule has 0 aliphatic carbocycles. The third-order valence-corrected chi connectivity index (χ3v) is 6.35. The number of carbonyl (C=O) groups excluding carboxylic acids is 1. The Balaban J connectivity index is 1.63. The molecule has 0 saturated heterocycles. The summed E-state index contributed by atoms with van der Waals surface area (Å²) in [5.74, 6) is 0.148. The number of anilines is 2. The first-order valence-corrected chi connectivity index (χ1v) is 11.0. The van der Waals surface area contributed by atoms with Crippen LogP contribution in [0.1, 0.15) is 44.1 Å². The minimum atomic E-state index is -4.35. The molecule has 1 aliphatic heterocycles. The Kier molecular flexibility index (Phi) is 7.34. The van der Waals surface area contributed by atoms with E-state index in [2.05, 4.69) is 0 Å². The van der Waals surface area contributed by atoms with Crippen LogP contribution in [0.15, 0.2) is 52.3 Å². The number of unbranched alkanes of at least 4 members (excludes halogenated alkanes) is 4. The zero-order valence-electron chi connectivity index (χ0n) is 17.3. The van der Waals surface area contributed by atoms with Crippen LogP contribution in [-0.2, 0) is 11.0 Å². The number of halogens is 3. The van der Waals surface area contributed by atoms with E-state index in [1.54, 1.807) is 25.1 Å². The Labute approximate surface area is 180 Å². The molecule has 0 saturated carbocycles. The molecule has 7 heteroatoms. The monoisotopic (exact) mass is 436 g/mol. The maximum Gasteiger partial charge on any atom is 0.416 e. The predicted octanol–water partition coefficient (Wildman–Crippen LogP) is 6.74. The average Bonchev–Trinajstić information content (AvgIpc) is 2.71. The number of rotatable bonds is 8. The molecule has 3 nitrogen and oxygen atoms in total. The first kappa shape index (κ1) is 22.5. The summed E-state index contributed by atoms with van der Waals surface area (Å²) < 4.78 is 39.8. The third-order valence-electron chi connectivity index (χ3n) is 5.22. The van der Waals surface area contributed by atoms with Gasteiger partial charge in [-0.1, -0.05) is 43.2 Å². The van der Waals surface area contributed by atoms with Crippen molar-refractivity contribution in [3.63, 3.8) is 0 Å². The van der Waals surface area contributed by atoms with Crippen molar-refractivity contribution in [1.29, 1.82) is 0 Å². The van der Waals surface area contributed by atoms with Gasteiger partial charge < -0.3 is 9.80 Å². The lowest BCUT2D eigenvalue weighted by Gasteiger charge is -2.33. The number of hydrogen-bond acceptors (Lipinski definition) is 3. The predicted molar refractivity (Wildman–Crippen MR) is 115 cm³/mol. The van der Waals surface area contributed by atoms with E-state index in [0.29, 0.717) is 18.7 Å². The number of hydrogen-bond donors (Lipinski definition) is 0. The fourth-order valence-electron chi connectivity index (χ4n) is 3.55. The topological polar surface area (TPSA) is 23.6 Å². The normalized spacial score (nSPS) is 13.0. The van der Waals surface area contributed by atoms with Crippen LogP contribution in [0.3, 0.4) is 0 Å². The largest absolute Gasteiger partial charge is 0.416 e. The van der Waals surface area contributed by atoms with E-state index in [-0.39, 0.29) is 5.91 Å². The summed E-state index contributed by atoms with van der Waals surface area (Å²) in [5.41, 5.74) is 0.979. The fourth-order valence-corrected chi connectivity index (χ4v) is 4.62. The Hall–Kier alpha value is -2.15. The van der Waals surface area contributed by atoms with Crippen LogP contribution < -0.4 is 4.90 Å². The number of amides is 1. The first-order valence-electron chi connectivity index (χ1n) is 10.2. The number of benzene rings is 2. The lowest BCUT2D eigenvalue weighted by molar-refractivity contribution is -0.137. The zero-order valence-corrected chi connectivity index (χ0v) is 18.2. The smallest absolute Gasteiger partial charge is 0.349 e. The minimum absolute atomic E-state index is 0.148. The summed E-state index contributed by atoms with van der Waals surface area (Å²) in [6.07, 6.45) is 0.954. The highest BCUT2D eigenvalue weighted by atomic mass is 32.2. The highest BCUT2D eigenvalue weighted by molar-refractivity contribution is 7.99. The van der Waals surface area contributed by atoms with E-state index in [9.17, 15) is 18.0 Å². The van der Waals surface area contributed by atoms with Gasteiger partial charge in [0, 0.05) is 36.9 Å². The first-order chi connectivity index (χ1) is 14.3. The van der Waals surface area contributed by atoms with Gasteiger partial charge in [0.25, 0.3) is 0 Å². The zero-order chi connectivity index (χ0) is 21.7. The SMILES string of the molecule is CN(C)C(=O)CCCCCCCN1c2ccccc2Sc2ccc(C(F)(F)F)cc21. The summed E-state index contributed by atoms with van der Waals surface area (Å²) >= 11 is 1.52. The highest BCUT2D eigenvalue weighted by Gasteiger charge is 2.33. The second-order valence-electron chi connectivity index (χ2n) is 7.71. The number of carbonyl (C=O) groups is 1. The number of fused-ring (bicyclic) bond motifs is 2. The van der Waals surface area contributed by atoms with Crippen LogP contribution in [0.4, 0.5) is 24.5 Å². The third kappa shape index (κ3) is 5.50. The van der Waals surface area contributed by atoms with Crippen LogP contribution >= 0.6 is 11.8 Å². The van der Waals surface area contributed by atoms with Crippen LogP contribution in [0.5, 0.6) is 0 Å². The van der Waals surface area contributed by atoms with Crippen LogP contribution in [0.25, 0.3) is 0 Å². The van der Waals surface area contributed by atoms with Gasteiger partial charge in [0.15, 0.2) is 0 Å². The van der Waals surface area contributed by atoms with Gasteiger partial charge in [0.2, 0.25) is 5.91 Å². The average molecular weight is 437 g/mol. The van der Waals surface area contributed by atoms with E-state index in [4.69, 9.17) is 0 Å². The molecule has 2 aromatic carbocycles. The number of nitrogens with zero attached hydrogens (tertiary/aromatic N) is 2. The number of para-hydroxylation sites is 1. The van der Waals surface area contributed by atoms with Crippen molar-refractivity contribution in [2.45, 2.75) is 54.5 Å². The molecule has 162 valence electrons. The highest BCUT2D eigenvalue weighted by Crippen LogP contribution is 2.49. The van der Waals surface area contributed by atoms with Gasteiger partial charge in [-0.3, -0.25) is 4.79 Å². The van der Waals surface area contributed by atoms with Crippen molar-refractivity contribution in [3.8, 4) is 0 Å². The van der Waals surface area contributed by atoms with Crippen molar-refractivity contribution < 1.29 is 18.0 Å². The second kappa shape index (κ2) is 9.77. The molecule has 1 amide bonds. The Morgan fingerprint density at radius 1 is 0.933 bits per heavy atom. The molecular weight excluding hydrogens is 409 g/mol. The van der Waals surface area contributed by atoms with Gasteiger partial charge in [-0.15, -0.1) is 0 Å². The van der Waals surface area contributed by atoms with Crippen molar-refractivity contribution >= 4 is 29.0 Å². The lowest BCUT2D eigenvalue weighted by Crippen LogP contribution is -2.22. The minimum Gasteiger partial charge on any atom is -0.349 e. The maximum atomic E-state index is 13.3. The molecule has 0 spiro atoms. The quantitative estimate of drug-likeness (QED) is 0.428. The van der Waals surface area contributed by atoms with E-state index in [0.717, 1.165) is 53.6 Å². The van der Waals surface area contributed by atoms with E-state index in [1.165, 1.54) is 17.8 Å². The van der Waals surface area contributed by atoms with Gasteiger partial charge in [0.1, 0.15) is 0 Å². The van der Waals surface area contributed by atoms with Gasteiger partial charge in [-0.2, -0.15) is 13.2 Å². The van der Waals surface area contributed by atoms with Crippen molar-refractivity contribution in [2.75, 3.05) is 25.5 Å². The molecule has 0 bridgehead atoms. The summed E-state index contributed by atoms with van der Waals surface area (Å²) in [5, 5.41) is 0. The molecule has 0 unspecified atom stereocenters. The van der Waals surface area contributed by atoms with Gasteiger partial charge in [0.05, 0.1) is 16.9 Å². The molecule has 30 heavy (non-hydrogen) atoms. The molecule has 0 aromatic heterocycles. The van der Waals surface area contributed by atoms with E-state index >= 15 is 0 Å². The Bertz CT molecular complexity index is 883. The molecule has 0 fully saturated rings. The van der Waals surface area contributed by atoms with Crippen molar-refractivity contribution in [3.05, 3.63) is 48.0 Å². The van der Waals surface area contributed by atoms with Crippen LogP contribution in [-0.4, -0.2) is 31.4 Å². The molecule has 0 radical (unpaired) electrons. The molecular formula is C23H27F3N2OS. The number of alkyl halides is 3. The molecule has 1 aliphatic rings. The van der Waals surface area contributed by atoms with E-state index < -0.39 is 11.7 Å². The standard InChI is InChI=1S/C23H27F3N2OS/c1-27(2)22(29)12-6-4-3-5-9-15-28-18-10-7-8-11-20(18)30-21-14-13-17(16-19(21)28)23(24,25)26/h7-8,10-11,13-14,16H,3-6,9,12,15H2,1-2H3. The summed E-state index contributed by atoms with van der Waals surface area (Å²) in [7, 11) is 3.53. The van der Waals surface area contributed by atoms with Crippen LogP contribution in [0.2, 0.25) is 0 Å². The molecule has 0 N–H and O–H groups in total. The Morgan fingerprint density at radius 2 is 1.60 bits per heavy atom. The summed E-state index contributed by atoms with van der Waals surface area (Å²) in [6, 6.07) is 11.9. The second-order valence-corrected chi connectivity index (χ2v) is 8.79. The van der Waals surface area contributed by atoms with Gasteiger partial charge in [-0.25, -0.2) is 0 Å². The summed E-state index contributed by atoms with van der Waals surface area (Å²) in [6.45, 7) is 0.669. The molecule has 1 heterocycles. The van der Waals surface area contributed by atoms with Crippen LogP contribution in [0, 0.1) is 0 Å². The maximum absolute atomic E-state index is 13.3. The molecule has 3 rings (SSSR count). The van der Waals surface area contributed by atoms with Gasteiger partial charge >= 0.3 is 6.18 Å². The molecule has 2 aromatic rings. The summed E-state index contributed by atoms with van der Waals surface area (Å²) in [4.78, 5) is 17.1. The lowest BCUT2D eigenvalue weighted by atomic mass is 10.1. The fraction of sp³-hybridized carbons (Fsp3) is 0.435.